The Hall–Kier alpha value is -3.35. The molecule has 5 N–H and O–H groups in total. The number of H-pyrrole nitrogens is 1. The molecule has 2 aromatic carbocycles. The van der Waals surface area contributed by atoms with E-state index in [1.54, 1.807) is 13.0 Å². The van der Waals surface area contributed by atoms with Crippen molar-refractivity contribution in [2.75, 3.05) is 19.6 Å². The van der Waals surface area contributed by atoms with Gasteiger partial charge in [-0.15, -0.1) is 0 Å². The quantitative estimate of drug-likeness (QED) is 0.202. The molecule has 9 nitrogen and oxygen atoms in total. The number of nitrogens with zero attached hydrogens (tertiary/aromatic N) is 1. The molecule has 0 aliphatic heterocycles. The van der Waals surface area contributed by atoms with E-state index in [0.717, 1.165) is 55.1 Å². The summed E-state index contributed by atoms with van der Waals surface area (Å²) in [5.74, 6) is -2.09. The number of Topliss-reactive ketones (excluding diaryl/α,β-unsaturated/α-hetero) is 1. The number of carbonyl (C=O) groups excluding carboxylic acids is 1. The average molecular weight is 591 g/mol. The van der Waals surface area contributed by atoms with Crippen molar-refractivity contribution in [3.05, 3.63) is 62.8 Å². The molecule has 4 rings (SSSR count). The van der Waals surface area contributed by atoms with Gasteiger partial charge in [-0.25, -0.2) is 13.6 Å². The first-order chi connectivity index (χ1) is 19.6. The van der Waals surface area contributed by atoms with Crippen molar-refractivity contribution in [2.24, 2.45) is 0 Å². The van der Waals surface area contributed by atoms with Crippen LogP contribution in [0.25, 0.3) is 10.2 Å². The minimum atomic E-state index is -1.17. The minimum Gasteiger partial charge on any atom is -0.506 e. The molecule has 222 valence electrons. The van der Waals surface area contributed by atoms with E-state index in [-0.39, 0.29) is 60.5 Å². The number of phenols is 1. The number of carbonyl (C=O) groups is 2. The summed E-state index contributed by atoms with van der Waals surface area (Å²) in [4.78, 5) is 41.2. The van der Waals surface area contributed by atoms with Crippen LogP contribution in [0.2, 0.25) is 0 Å². The number of carboxylic acid groups (broad SMARTS) is 1. The van der Waals surface area contributed by atoms with Crippen LogP contribution < -0.4 is 15.5 Å². The molecule has 1 amide bonds. The van der Waals surface area contributed by atoms with Gasteiger partial charge >= 0.3 is 11.0 Å². The molecular formula is C29H36F2N4O5S. The summed E-state index contributed by atoms with van der Waals surface area (Å²) in [7, 11) is 0. The van der Waals surface area contributed by atoms with Gasteiger partial charge in [-0.2, -0.15) is 0 Å². The van der Waals surface area contributed by atoms with E-state index in [2.05, 4.69) is 15.6 Å². The van der Waals surface area contributed by atoms with Gasteiger partial charge in [-0.3, -0.25) is 9.59 Å². The first kappa shape index (κ1) is 30.6. The van der Waals surface area contributed by atoms with Gasteiger partial charge in [-0.05, 0) is 62.4 Å². The number of hydrogen-bond acceptors (Lipinski definition) is 7. The molecule has 0 radical (unpaired) electrons. The van der Waals surface area contributed by atoms with Crippen LogP contribution >= 0.6 is 11.3 Å². The first-order valence-corrected chi connectivity index (χ1v) is 14.7. The number of ketones is 1. The van der Waals surface area contributed by atoms with Crippen LogP contribution in [0, 0.1) is 11.6 Å². The van der Waals surface area contributed by atoms with Crippen LogP contribution in [-0.2, 0) is 17.6 Å². The normalized spacial score (nSPS) is 15.6. The van der Waals surface area contributed by atoms with Crippen LogP contribution in [0.5, 0.6) is 5.75 Å². The minimum absolute atomic E-state index is 0.0545. The molecule has 12 heteroatoms. The zero-order valence-corrected chi connectivity index (χ0v) is 23.7. The largest absolute Gasteiger partial charge is 0.506 e. The number of aromatic hydroxyl groups is 1. The standard InChI is InChI=1S/C29H36F2N4O5S/c1-17(32-14-12-18-6-5-9-21(30)24(18)31)26(37)22(33-20-7-3-2-4-8-20)16-35(29(39)40)15-13-19-10-11-23(36)25-27(19)41-28(38)34-25/h5-6,9-11,17,20,22,32-33,36H,2-4,7-8,12-16H2,1H3,(H,34,38)(H,39,40)/t17-,22?/m0/s1. The van der Waals surface area contributed by atoms with E-state index in [4.69, 9.17) is 0 Å². The number of aromatic nitrogens is 1. The molecule has 3 aromatic rings. The first-order valence-electron chi connectivity index (χ1n) is 13.9. The van der Waals surface area contributed by atoms with Crippen LogP contribution in [0.1, 0.15) is 50.2 Å². The number of hydrogen-bond donors (Lipinski definition) is 5. The highest BCUT2D eigenvalue weighted by molar-refractivity contribution is 7.16. The molecule has 1 saturated carbocycles. The van der Waals surface area contributed by atoms with E-state index in [9.17, 15) is 33.4 Å². The lowest BCUT2D eigenvalue weighted by Crippen LogP contribution is -2.56. The number of fused-ring (bicyclic) bond motifs is 1. The van der Waals surface area contributed by atoms with Crippen molar-refractivity contribution >= 4 is 33.4 Å². The Kier molecular flexibility index (Phi) is 10.5. The fourth-order valence-corrected chi connectivity index (χ4v) is 6.25. The fraction of sp³-hybridized carbons (Fsp3) is 0.483. The summed E-state index contributed by atoms with van der Waals surface area (Å²) in [5, 5.41) is 26.6. The number of aromatic amines is 1. The molecule has 41 heavy (non-hydrogen) atoms. The van der Waals surface area contributed by atoms with Crippen LogP contribution in [-0.4, -0.2) is 69.7 Å². The van der Waals surface area contributed by atoms with Gasteiger partial charge in [0.25, 0.3) is 0 Å². The lowest BCUT2D eigenvalue weighted by Gasteiger charge is -2.32. The summed E-state index contributed by atoms with van der Waals surface area (Å²) in [6.07, 6.45) is 4.29. The number of halogens is 2. The molecule has 1 fully saturated rings. The van der Waals surface area contributed by atoms with Crippen molar-refractivity contribution in [1.29, 1.82) is 0 Å². The highest BCUT2D eigenvalue weighted by atomic mass is 32.1. The molecular weight excluding hydrogens is 554 g/mol. The molecule has 0 spiro atoms. The maximum Gasteiger partial charge on any atom is 0.407 e. The van der Waals surface area contributed by atoms with E-state index in [1.165, 1.54) is 23.1 Å². The molecule has 0 bridgehead atoms. The van der Waals surface area contributed by atoms with Gasteiger partial charge in [0.15, 0.2) is 17.4 Å². The molecule has 2 atom stereocenters. The maximum atomic E-state index is 14.0. The topological polar surface area (TPSA) is 135 Å². The van der Waals surface area contributed by atoms with Gasteiger partial charge in [0, 0.05) is 19.1 Å². The Balaban J connectivity index is 1.44. The van der Waals surface area contributed by atoms with Crippen LogP contribution in [0.3, 0.4) is 0 Å². The average Bonchev–Trinajstić information content (AvgIpc) is 3.36. The van der Waals surface area contributed by atoms with Gasteiger partial charge in [-0.1, -0.05) is 48.8 Å². The second kappa shape index (κ2) is 14.0. The third-order valence-electron chi connectivity index (χ3n) is 7.65. The highest BCUT2D eigenvalue weighted by Gasteiger charge is 2.30. The highest BCUT2D eigenvalue weighted by Crippen LogP contribution is 2.28. The molecule has 1 aliphatic rings. The van der Waals surface area contributed by atoms with Gasteiger partial charge in [0.2, 0.25) is 0 Å². The van der Waals surface area contributed by atoms with E-state index >= 15 is 0 Å². The number of rotatable bonds is 13. The Morgan fingerprint density at radius 3 is 2.61 bits per heavy atom. The van der Waals surface area contributed by atoms with Crippen LogP contribution in [0.4, 0.5) is 13.6 Å². The van der Waals surface area contributed by atoms with Gasteiger partial charge in [0.05, 0.1) is 16.8 Å². The summed E-state index contributed by atoms with van der Waals surface area (Å²) >= 11 is 0.950. The predicted molar refractivity (Wildman–Crippen MR) is 154 cm³/mol. The Morgan fingerprint density at radius 2 is 1.88 bits per heavy atom. The van der Waals surface area contributed by atoms with Crippen molar-refractivity contribution in [1.82, 2.24) is 20.5 Å². The zero-order chi connectivity index (χ0) is 29.5. The molecule has 1 unspecified atom stereocenters. The summed E-state index contributed by atoms with van der Waals surface area (Å²) in [6.45, 7) is 1.94. The zero-order valence-electron chi connectivity index (χ0n) is 22.9. The van der Waals surface area contributed by atoms with Gasteiger partial charge < -0.3 is 30.7 Å². The number of amides is 1. The monoisotopic (exact) mass is 590 g/mol. The number of nitrogens with one attached hydrogen (secondary N) is 3. The predicted octanol–water partition coefficient (Wildman–Crippen LogP) is 4.18. The number of benzene rings is 2. The third-order valence-corrected chi connectivity index (χ3v) is 8.61. The summed E-state index contributed by atoms with van der Waals surface area (Å²) in [5.41, 5.74) is 1.25. The number of phenolic OH excluding ortho intramolecular Hbond substituents is 1. The third kappa shape index (κ3) is 7.90. The Bertz CT molecular complexity index is 1420. The fourth-order valence-electron chi connectivity index (χ4n) is 5.36. The smallest absolute Gasteiger partial charge is 0.407 e. The van der Waals surface area contributed by atoms with Crippen molar-refractivity contribution in [2.45, 2.75) is 70.0 Å². The molecule has 1 aromatic heterocycles. The van der Waals surface area contributed by atoms with E-state index in [1.807, 2.05) is 0 Å². The SMILES string of the molecule is C[C@H](NCCc1cccc(F)c1F)C(=O)C(CN(CCc1ccc(O)c2[nH]c(=O)sc12)C(=O)O)NC1CCCCC1. The summed E-state index contributed by atoms with van der Waals surface area (Å²) in [6, 6.07) is 5.78. The molecule has 0 saturated heterocycles. The second-order valence-electron chi connectivity index (χ2n) is 10.5. The summed E-state index contributed by atoms with van der Waals surface area (Å²) < 4.78 is 28.1. The lowest BCUT2D eigenvalue weighted by atomic mass is 9.93. The van der Waals surface area contributed by atoms with E-state index < -0.39 is 29.8 Å². The van der Waals surface area contributed by atoms with E-state index in [0.29, 0.717) is 10.2 Å². The Morgan fingerprint density at radius 1 is 1.12 bits per heavy atom. The Labute approximate surface area is 240 Å². The van der Waals surface area contributed by atoms with Crippen molar-refractivity contribution in [3.63, 3.8) is 0 Å². The second-order valence-corrected chi connectivity index (χ2v) is 11.5. The molecule has 1 aliphatic carbocycles. The lowest BCUT2D eigenvalue weighted by molar-refractivity contribution is -0.123. The maximum absolute atomic E-state index is 14.0. The van der Waals surface area contributed by atoms with Gasteiger partial charge in [0.1, 0.15) is 11.3 Å². The van der Waals surface area contributed by atoms with Crippen LogP contribution in [0.15, 0.2) is 35.1 Å². The van der Waals surface area contributed by atoms with Crippen molar-refractivity contribution in [3.8, 4) is 5.75 Å². The molecule has 1 heterocycles. The van der Waals surface area contributed by atoms with Crippen molar-refractivity contribution < 1.29 is 28.6 Å². The number of thiazole rings is 1.